The summed E-state index contributed by atoms with van der Waals surface area (Å²) < 4.78 is 42.8. The van der Waals surface area contributed by atoms with E-state index in [1.165, 1.54) is 30.3 Å². The molecule has 2 aromatic carbocycles. The van der Waals surface area contributed by atoms with Crippen molar-refractivity contribution in [2.24, 2.45) is 0 Å². The number of phenols is 2. The Morgan fingerprint density at radius 3 is 2.41 bits per heavy atom. The molecule has 148 valence electrons. The first kappa shape index (κ1) is 18.6. The summed E-state index contributed by atoms with van der Waals surface area (Å²) in [5.41, 5.74) is 2.33. The quantitative estimate of drug-likeness (QED) is 0.520. The van der Waals surface area contributed by atoms with Gasteiger partial charge < -0.3 is 14.9 Å². The number of benzene rings is 2. The van der Waals surface area contributed by atoms with Crippen LogP contribution in [0.1, 0.15) is 5.56 Å². The van der Waals surface area contributed by atoms with Gasteiger partial charge in [-0.15, -0.1) is 13.2 Å². The molecule has 0 radical (unpaired) electrons. The molecule has 0 unspecified atom stereocenters. The van der Waals surface area contributed by atoms with Crippen LogP contribution in [0.25, 0.3) is 28.2 Å². The highest BCUT2D eigenvalue weighted by Gasteiger charge is 2.31. The Labute approximate surface area is 162 Å². The van der Waals surface area contributed by atoms with Crippen LogP contribution in [0.15, 0.2) is 54.7 Å². The van der Waals surface area contributed by atoms with Crippen molar-refractivity contribution in [1.29, 1.82) is 0 Å². The predicted molar refractivity (Wildman–Crippen MR) is 99.1 cm³/mol. The van der Waals surface area contributed by atoms with Crippen LogP contribution in [0.4, 0.5) is 13.2 Å². The van der Waals surface area contributed by atoms with E-state index in [-0.39, 0.29) is 17.2 Å². The van der Waals surface area contributed by atoms with Crippen molar-refractivity contribution < 1.29 is 28.1 Å². The van der Waals surface area contributed by atoms with E-state index in [1.807, 2.05) is 0 Å². The fourth-order valence-electron chi connectivity index (χ4n) is 3.00. The van der Waals surface area contributed by atoms with Crippen molar-refractivity contribution in [3.05, 3.63) is 60.3 Å². The molecule has 0 aliphatic rings. The predicted octanol–water partition coefficient (Wildman–Crippen LogP) is 4.71. The van der Waals surface area contributed by atoms with Crippen LogP contribution < -0.4 is 4.74 Å². The Kier molecular flexibility index (Phi) is 4.30. The second kappa shape index (κ2) is 6.69. The van der Waals surface area contributed by atoms with E-state index < -0.39 is 6.36 Å². The highest BCUT2D eigenvalue weighted by Crippen LogP contribution is 2.37. The topological polar surface area (TPSA) is 80.4 Å². The molecule has 0 atom stereocenters. The number of aryl methyl sites for hydroxylation is 1. The van der Waals surface area contributed by atoms with Gasteiger partial charge in [0.25, 0.3) is 0 Å². The number of rotatable bonds is 3. The lowest BCUT2D eigenvalue weighted by Gasteiger charge is -2.13. The minimum atomic E-state index is -4.79. The number of aromatic hydroxyl groups is 2. The number of aromatic nitrogens is 3. The molecule has 0 aliphatic carbocycles. The van der Waals surface area contributed by atoms with E-state index in [1.54, 1.807) is 35.9 Å². The highest BCUT2D eigenvalue weighted by atomic mass is 19.4. The number of pyridine rings is 1. The Bertz CT molecular complexity index is 1200. The molecule has 0 saturated carbocycles. The number of nitrogens with zero attached hydrogens (tertiary/aromatic N) is 3. The number of phenolic OH excluding ortho intramolecular Hbond substituents is 2. The minimum absolute atomic E-state index is 0.0688. The van der Waals surface area contributed by atoms with Gasteiger partial charge in [-0.25, -0.2) is 9.97 Å². The van der Waals surface area contributed by atoms with Crippen molar-refractivity contribution in [3.8, 4) is 34.3 Å². The molecule has 0 spiro atoms. The number of hydrogen-bond acceptors (Lipinski definition) is 5. The van der Waals surface area contributed by atoms with Crippen molar-refractivity contribution in [1.82, 2.24) is 14.5 Å². The first-order valence-corrected chi connectivity index (χ1v) is 8.45. The Hall–Kier alpha value is -3.75. The number of fused-ring (bicyclic) bond motifs is 1. The third-order valence-corrected chi connectivity index (χ3v) is 4.30. The third kappa shape index (κ3) is 3.54. The molecule has 0 fully saturated rings. The lowest BCUT2D eigenvalue weighted by atomic mass is 10.1. The molecule has 2 aromatic heterocycles. The smallest absolute Gasteiger partial charge is 0.508 e. The van der Waals surface area contributed by atoms with Crippen molar-refractivity contribution >= 4 is 11.2 Å². The summed E-state index contributed by atoms with van der Waals surface area (Å²) in [4.78, 5) is 8.83. The van der Waals surface area contributed by atoms with Gasteiger partial charge in [-0.05, 0) is 55.0 Å². The molecule has 9 heteroatoms. The van der Waals surface area contributed by atoms with Crippen LogP contribution in [0.3, 0.4) is 0 Å². The van der Waals surface area contributed by atoms with Gasteiger partial charge in [0.2, 0.25) is 0 Å². The Morgan fingerprint density at radius 2 is 1.72 bits per heavy atom. The molecule has 0 amide bonds. The van der Waals surface area contributed by atoms with Gasteiger partial charge in [-0.3, -0.25) is 4.57 Å². The number of ether oxygens (including phenoxy) is 1. The zero-order chi connectivity index (χ0) is 20.8. The third-order valence-electron chi connectivity index (χ3n) is 4.30. The fraction of sp³-hybridized carbons (Fsp3) is 0.100. The maximum absolute atomic E-state index is 12.4. The lowest BCUT2D eigenvalue weighted by Crippen LogP contribution is -2.17. The van der Waals surface area contributed by atoms with Gasteiger partial charge >= 0.3 is 6.36 Å². The van der Waals surface area contributed by atoms with E-state index in [2.05, 4.69) is 14.7 Å². The Morgan fingerprint density at radius 1 is 1.00 bits per heavy atom. The molecule has 6 nitrogen and oxygen atoms in total. The van der Waals surface area contributed by atoms with Crippen LogP contribution in [0.5, 0.6) is 17.2 Å². The largest absolute Gasteiger partial charge is 0.573 e. The molecular weight excluding hydrogens is 387 g/mol. The first-order chi connectivity index (χ1) is 13.7. The van der Waals surface area contributed by atoms with Gasteiger partial charge in [-0.2, -0.15) is 0 Å². The summed E-state index contributed by atoms with van der Waals surface area (Å²) in [5, 5.41) is 20.2. The Balaban J connectivity index is 1.91. The average Bonchev–Trinajstić information content (AvgIpc) is 3.03. The van der Waals surface area contributed by atoms with Gasteiger partial charge in [0.05, 0.1) is 5.56 Å². The summed E-state index contributed by atoms with van der Waals surface area (Å²) in [6, 6.07) is 11.5. The molecular formula is C20H14F3N3O3. The summed E-state index contributed by atoms with van der Waals surface area (Å²) in [6.45, 7) is 1.67. The molecule has 0 aliphatic heterocycles. The lowest BCUT2D eigenvalue weighted by molar-refractivity contribution is -0.274. The van der Waals surface area contributed by atoms with Crippen molar-refractivity contribution in [2.75, 3.05) is 0 Å². The van der Waals surface area contributed by atoms with Crippen LogP contribution in [-0.4, -0.2) is 31.1 Å². The van der Waals surface area contributed by atoms with E-state index in [9.17, 15) is 23.4 Å². The van der Waals surface area contributed by atoms with Gasteiger partial charge in [0.1, 0.15) is 22.8 Å². The number of halogens is 3. The van der Waals surface area contributed by atoms with Crippen LogP contribution in [-0.2, 0) is 0 Å². The summed E-state index contributed by atoms with van der Waals surface area (Å²) >= 11 is 0. The maximum Gasteiger partial charge on any atom is 0.573 e. The molecule has 4 aromatic rings. The molecule has 2 heterocycles. The van der Waals surface area contributed by atoms with Crippen LogP contribution in [0, 0.1) is 6.92 Å². The zero-order valence-electron chi connectivity index (χ0n) is 15.0. The second-order valence-electron chi connectivity index (χ2n) is 6.31. The van der Waals surface area contributed by atoms with E-state index in [0.29, 0.717) is 33.8 Å². The fourth-order valence-corrected chi connectivity index (χ4v) is 3.00. The SMILES string of the molecule is Cc1cc(-c2nc3cccnc3n2-c2ccc(OC(F)(F)F)cc2)c(O)cc1O. The highest BCUT2D eigenvalue weighted by molar-refractivity contribution is 5.82. The van der Waals surface area contributed by atoms with Crippen molar-refractivity contribution in [3.63, 3.8) is 0 Å². The molecule has 0 bridgehead atoms. The van der Waals surface area contributed by atoms with E-state index >= 15 is 0 Å². The molecule has 29 heavy (non-hydrogen) atoms. The average molecular weight is 401 g/mol. The first-order valence-electron chi connectivity index (χ1n) is 8.45. The number of hydrogen-bond donors (Lipinski definition) is 2. The van der Waals surface area contributed by atoms with Gasteiger partial charge in [0.15, 0.2) is 11.5 Å². The summed E-state index contributed by atoms with van der Waals surface area (Å²) in [6.07, 6.45) is -3.22. The van der Waals surface area contributed by atoms with Gasteiger partial charge in [0, 0.05) is 18.0 Å². The number of imidazole rings is 1. The zero-order valence-corrected chi connectivity index (χ0v) is 15.0. The summed E-state index contributed by atoms with van der Waals surface area (Å²) in [5.74, 6) is -0.297. The standard InChI is InChI=1S/C20H14F3N3O3/c1-11-9-14(17(28)10-16(11)27)18-25-15-3-2-8-24-19(15)26(18)12-4-6-13(7-5-12)29-20(21,22)23/h2-10,27-28H,1H3. The monoisotopic (exact) mass is 401 g/mol. The van der Waals surface area contributed by atoms with Gasteiger partial charge in [-0.1, -0.05) is 0 Å². The van der Waals surface area contributed by atoms with E-state index in [4.69, 9.17) is 0 Å². The number of alkyl halides is 3. The molecule has 4 rings (SSSR count). The second-order valence-corrected chi connectivity index (χ2v) is 6.31. The summed E-state index contributed by atoms with van der Waals surface area (Å²) in [7, 11) is 0. The normalized spacial score (nSPS) is 11.7. The molecule has 0 saturated heterocycles. The van der Waals surface area contributed by atoms with Crippen molar-refractivity contribution in [2.45, 2.75) is 13.3 Å². The molecule has 2 N–H and O–H groups in total. The maximum atomic E-state index is 12.4. The van der Waals surface area contributed by atoms with Crippen LogP contribution >= 0.6 is 0 Å². The van der Waals surface area contributed by atoms with E-state index in [0.717, 1.165) is 0 Å². The van der Waals surface area contributed by atoms with Crippen LogP contribution in [0.2, 0.25) is 0 Å². The minimum Gasteiger partial charge on any atom is -0.508 e.